The van der Waals surface area contributed by atoms with Crippen LogP contribution >= 0.6 is 0 Å². The lowest BCUT2D eigenvalue weighted by Gasteiger charge is -2.40. The highest BCUT2D eigenvalue weighted by Gasteiger charge is 2.36. The molecule has 2 saturated heterocycles. The summed E-state index contributed by atoms with van der Waals surface area (Å²) < 4.78 is 0. The Morgan fingerprint density at radius 3 is 2.53 bits per heavy atom. The van der Waals surface area contributed by atoms with Gasteiger partial charge in [-0.25, -0.2) is 0 Å². The normalized spacial score (nSPS) is 32.8. The molecule has 0 aromatic heterocycles. The minimum absolute atomic E-state index is 0.0842. The minimum Gasteiger partial charge on any atom is -0.341 e. The third kappa shape index (κ3) is 2.65. The molecule has 2 aliphatic heterocycles. The molecule has 0 radical (unpaired) electrons. The van der Waals surface area contributed by atoms with E-state index in [4.69, 9.17) is 0 Å². The van der Waals surface area contributed by atoms with Crippen molar-refractivity contribution in [1.29, 1.82) is 0 Å². The Labute approximate surface area is 105 Å². The summed E-state index contributed by atoms with van der Waals surface area (Å²) in [6.07, 6.45) is 4.69. The molecule has 2 aliphatic rings. The van der Waals surface area contributed by atoms with Crippen LogP contribution in [0.3, 0.4) is 0 Å². The minimum atomic E-state index is 0.0842. The maximum atomic E-state index is 12.4. The zero-order valence-electron chi connectivity index (χ0n) is 11.5. The summed E-state index contributed by atoms with van der Waals surface area (Å²) in [5.41, 5.74) is 0.464. The van der Waals surface area contributed by atoms with Gasteiger partial charge in [0.05, 0.1) is 6.04 Å². The summed E-state index contributed by atoms with van der Waals surface area (Å²) in [6.45, 7) is 9.70. The van der Waals surface area contributed by atoms with Gasteiger partial charge in [0.2, 0.25) is 5.91 Å². The van der Waals surface area contributed by atoms with Crippen LogP contribution in [0.25, 0.3) is 0 Å². The van der Waals surface area contributed by atoms with Gasteiger partial charge in [0.15, 0.2) is 0 Å². The molecule has 2 unspecified atom stereocenters. The van der Waals surface area contributed by atoms with E-state index in [1.54, 1.807) is 0 Å². The monoisotopic (exact) mass is 238 g/mol. The highest BCUT2D eigenvalue weighted by atomic mass is 16.2. The van der Waals surface area contributed by atoms with Crippen LogP contribution in [0, 0.1) is 11.3 Å². The van der Waals surface area contributed by atoms with E-state index in [9.17, 15) is 4.79 Å². The quantitative estimate of drug-likeness (QED) is 0.798. The fraction of sp³-hybridized carbons (Fsp3) is 0.929. The zero-order valence-corrected chi connectivity index (χ0v) is 11.5. The Balaban J connectivity index is 1.90. The Morgan fingerprint density at radius 1 is 1.41 bits per heavy atom. The Morgan fingerprint density at radius 2 is 2.06 bits per heavy atom. The van der Waals surface area contributed by atoms with E-state index in [0.717, 1.165) is 38.9 Å². The van der Waals surface area contributed by atoms with Crippen LogP contribution in [-0.2, 0) is 4.79 Å². The molecule has 2 fully saturated rings. The van der Waals surface area contributed by atoms with Crippen LogP contribution in [0.1, 0.15) is 46.5 Å². The van der Waals surface area contributed by atoms with Gasteiger partial charge in [-0.15, -0.1) is 0 Å². The second-order valence-corrected chi connectivity index (χ2v) is 6.19. The van der Waals surface area contributed by atoms with Gasteiger partial charge in [0, 0.05) is 13.1 Å². The number of carbonyl (C=O) groups is 1. The van der Waals surface area contributed by atoms with Crippen LogP contribution in [0.15, 0.2) is 0 Å². The van der Waals surface area contributed by atoms with Crippen LogP contribution in [0.4, 0.5) is 0 Å². The van der Waals surface area contributed by atoms with Gasteiger partial charge >= 0.3 is 0 Å². The van der Waals surface area contributed by atoms with Gasteiger partial charge in [0.1, 0.15) is 0 Å². The standard InChI is InChI=1S/C14H26N2O/c1-4-14(3)6-9-16(10-7-14)13(17)12-11(2)5-8-15-12/h11-12,15H,4-10H2,1-3H3. The summed E-state index contributed by atoms with van der Waals surface area (Å²) >= 11 is 0. The second kappa shape index (κ2) is 4.97. The summed E-state index contributed by atoms with van der Waals surface area (Å²) in [6, 6.07) is 0.0842. The van der Waals surface area contributed by atoms with Crippen molar-refractivity contribution < 1.29 is 4.79 Å². The van der Waals surface area contributed by atoms with Crippen molar-refractivity contribution in [1.82, 2.24) is 10.2 Å². The first-order valence-corrected chi connectivity index (χ1v) is 7.08. The molecule has 0 aromatic carbocycles. The third-order valence-electron chi connectivity index (χ3n) is 4.93. The third-order valence-corrected chi connectivity index (χ3v) is 4.93. The maximum Gasteiger partial charge on any atom is 0.239 e. The lowest BCUT2D eigenvalue weighted by molar-refractivity contribution is -0.136. The van der Waals surface area contributed by atoms with Gasteiger partial charge in [-0.3, -0.25) is 4.79 Å². The Kier molecular flexibility index (Phi) is 3.76. The zero-order chi connectivity index (χ0) is 12.5. The molecule has 2 atom stereocenters. The van der Waals surface area contributed by atoms with Gasteiger partial charge in [-0.2, -0.15) is 0 Å². The number of carbonyl (C=O) groups excluding carboxylic acids is 1. The second-order valence-electron chi connectivity index (χ2n) is 6.19. The van der Waals surface area contributed by atoms with E-state index >= 15 is 0 Å². The molecule has 17 heavy (non-hydrogen) atoms. The topological polar surface area (TPSA) is 32.3 Å². The van der Waals surface area contributed by atoms with Gasteiger partial charge < -0.3 is 10.2 Å². The highest BCUT2D eigenvalue weighted by molar-refractivity contribution is 5.82. The summed E-state index contributed by atoms with van der Waals surface area (Å²) in [7, 11) is 0. The van der Waals surface area contributed by atoms with Crippen molar-refractivity contribution >= 4 is 5.91 Å². The maximum absolute atomic E-state index is 12.4. The van der Waals surface area contributed by atoms with Crippen molar-refractivity contribution in [3.8, 4) is 0 Å². The van der Waals surface area contributed by atoms with Gasteiger partial charge in [0.25, 0.3) is 0 Å². The first-order valence-electron chi connectivity index (χ1n) is 7.08. The fourth-order valence-corrected chi connectivity index (χ4v) is 2.98. The number of hydrogen-bond acceptors (Lipinski definition) is 2. The average Bonchev–Trinajstić information content (AvgIpc) is 2.76. The van der Waals surface area contributed by atoms with Crippen LogP contribution in [-0.4, -0.2) is 36.5 Å². The van der Waals surface area contributed by atoms with Crippen molar-refractivity contribution in [2.45, 2.75) is 52.5 Å². The average molecular weight is 238 g/mol. The van der Waals surface area contributed by atoms with Crippen LogP contribution < -0.4 is 5.32 Å². The Hall–Kier alpha value is -0.570. The molecule has 1 amide bonds. The van der Waals surface area contributed by atoms with E-state index in [1.807, 2.05) is 0 Å². The van der Waals surface area contributed by atoms with Crippen molar-refractivity contribution in [2.24, 2.45) is 11.3 Å². The van der Waals surface area contributed by atoms with E-state index in [2.05, 4.69) is 31.0 Å². The largest absolute Gasteiger partial charge is 0.341 e. The van der Waals surface area contributed by atoms with Gasteiger partial charge in [-0.05, 0) is 37.1 Å². The number of likely N-dealkylation sites (tertiary alicyclic amines) is 1. The number of rotatable bonds is 2. The number of amides is 1. The molecular formula is C14H26N2O. The van der Waals surface area contributed by atoms with Gasteiger partial charge in [-0.1, -0.05) is 27.2 Å². The lowest BCUT2D eigenvalue weighted by Crippen LogP contribution is -2.50. The van der Waals surface area contributed by atoms with E-state index in [-0.39, 0.29) is 6.04 Å². The molecule has 0 spiro atoms. The number of nitrogens with zero attached hydrogens (tertiary/aromatic N) is 1. The summed E-state index contributed by atoms with van der Waals surface area (Å²) in [5.74, 6) is 0.843. The first-order chi connectivity index (χ1) is 8.06. The Bertz CT molecular complexity index is 282. The molecule has 3 nitrogen and oxygen atoms in total. The van der Waals surface area contributed by atoms with Crippen molar-refractivity contribution in [3.63, 3.8) is 0 Å². The van der Waals surface area contributed by atoms with Crippen molar-refractivity contribution in [3.05, 3.63) is 0 Å². The van der Waals surface area contributed by atoms with Crippen molar-refractivity contribution in [2.75, 3.05) is 19.6 Å². The smallest absolute Gasteiger partial charge is 0.239 e. The first kappa shape index (κ1) is 12.9. The molecule has 0 aliphatic carbocycles. The molecule has 0 bridgehead atoms. The SMILES string of the molecule is CCC1(C)CCN(C(=O)C2NCCC2C)CC1. The molecule has 0 aromatic rings. The van der Waals surface area contributed by atoms with E-state index < -0.39 is 0 Å². The fourth-order valence-electron chi connectivity index (χ4n) is 2.98. The van der Waals surface area contributed by atoms with Crippen LogP contribution in [0.2, 0.25) is 0 Å². The molecule has 3 heteroatoms. The lowest BCUT2D eigenvalue weighted by atomic mass is 9.78. The molecule has 0 saturated carbocycles. The molecular weight excluding hydrogens is 212 g/mol. The number of hydrogen-bond donors (Lipinski definition) is 1. The summed E-state index contributed by atoms with van der Waals surface area (Å²) in [5, 5.41) is 3.35. The van der Waals surface area contributed by atoms with E-state index in [1.165, 1.54) is 6.42 Å². The van der Waals surface area contributed by atoms with Crippen LogP contribution in [0.5, 0.6) is 0 Å². The predicted octanol–water partition coefficient (Wildman–Crippen LogP) is 2.02. The molecule has 98 valence electrons. The summed E-state index contributed by atoms with van der Waals surface area (Å²) in [4.78, 5) is 14.5. The predicted molar refractivity (Wildman–Crippen MR) is 69.8 cm³/mol. The molecule has 2 heterocycles. The number of piperidine rings is 1. The number of nitrogens with one attached hydrogen (secondary N) is 1. The molecule has 1 N–H and O–H groups in total. The highest BCUT2D eigenvalue weighted by Crippen LogP contribution is 2.34. The van der Waals surface area contributed by atoms with E-state index in [0.29, 0.717) is 17.2 Å². The molecule has 2 rings (SSSR count).